The lowest BCUT2D eigenvalue weighted by molar-refractivity contribution is 0.408. The van der Waals surface area contributed by atoms with Crippen LogP contribution >= 0.6 is 0 Å². The van der Waals surface area contributed by atoms with Crippen LogP contribution in [0.1, 0.15) is 22.4 Å². The fraction of sp³-hybridized carbons (Fsp3) is 0.400. The zero-order chi connectivity index (χ0) is 14.2. The van der Waals surface area contributed by atoms with Crippen molar-refractivity contribution in [1.82, 2.24) is 9.78 Å². The summed E-state index contributed by atoms with van der Waals surface area (Å²) in [5.74, 6) is 0.961. The molecule has 0 fully saturated rings. The van der Waals surface area contributed by atoms with Crippen molar-refractivity contribution in [1.29, 1.82) is 0 Å². The third kappa shape index (κ3) is 2.24. The van der Waals surface area contributed by atoms with Gasteiger partial charge >= 0.3 is 0 Å². The molecule has 0 aliphatic carbocycles. The van der Waals surface area contributed by atoms with Gasteiger partial charge in [0.05, 0.1) is 18.5 Å². The van der Waals surface area contributed by atoms with E-state index in [9.17, 15) is 0 Å². The molecule has 0 saturated carbocycles. The molecule has 0 radical (unpaired) electrons. The molecule has 0 amide bonds. The van der Waals surface area contributed by atoms with Gasteiger partial charge in [0.1, 0.15) is 5.75 Å². The first-order chi connectivity index (χ1) is 8.99. The van der Waals surface area contributed by atoms with Crippen molar-refractivity contribution in [2.45, 2.75) is 27.3 Å². The van der Waals surface area contributed by atoms with Gasteiger partial charge in [0.15, 0.2) is 0 Å². The lowest BCUT2D eigenvalue weighted by atomic mass is 9.96. The molecule has 0 bridgehead atoms. The van der Waals surface area contributed by atoms with Gasteiger partial charge in [-0.15, -0.1) is 0 Å². The van der Waals surface area contributed by atoms with E-state index in [1.54, 1.807) is 7.11 Å². The molecule has 0 atom stereocenters. The highest BCUT2D eigenvalue weighted by Crippen LogP contribution is 2.34. The standard InChI is InChI=1S/C15H21N3O/c1-9-6-13(10(2)11(3)15(9)19-5)14-7-12(8-16)17-18(14)4/h6-7H,8,16H2,1-5H3. The van der Waals surface area contributed by atoms with E-state index >= 15 is 0 Å². The predicted molar refractivity (Wildman–Crippen MR) is 77.3 cm³/mol. The molecular formula is C15H21N3O. The molecule has 2 N–H and O–H groups in total. The Kier molecular flexibility index (Phi) is 3.62. The maximum absolute atomic E-state index is 5.66. The lowest BCUT2D eigenvalue weighted by Crippen LogP contribution is -2.00. The second-order valence-corrected chi connectivity index (χ2v) is 4.87. The number of benzene rings is 1. The van der Waals surface area contributed by atoms with Crippen molar-refractivity contribution in [3.05, 3.63) is 34.5 Å². The van der Waals surface area contributed by atoms with Crippen LogP contribution in [0.4, 0.5) is 0 Å². The van der Waals surface area contributed by atoms with E-state index < -0.39 is 0 Å². The van der Waals surface area contributed by atoms with Crippen LogP contribution in [0.3, 0.4) is 0 Å². The Balaban J connectivity index is 2.66. The molecule has 2 rings (SSSR count). The zero-order valence-electron chi connectivity index (χ0n) is 12.2. The molecule has 0 aliphatic rings. The highest BCUT2D eigenvalue weighted by Gasteiger charge is 2.15. The van der Waals surface area contributed by atoms with Gasteiger partial charge in [0.2, 0.25) is 0 Å². The van der Waals surface area contributed by atoms with Crippen molar-refractivity contribution in [2.75, 3.05) is 7.11 Å². The lowest BCUT2D eigenvalue weighted by Gasteiger charge is -2.15. The third-order valence-corrected chi connectivity index (χ3v) is 3.65. The topological polar surface area (TPSA) is 53.1 Å². The predicted octanol–water partition coefficient (Wildman–Crippen LogP) is 2.48. The van der Waals surface area contributed by atoms with Crippen LogP contribution in [0.25, 0.3) is 11.3 Å². The molecule has 19 heavy (non-hydrogen) atoms. The molecule has 0 saturated heterocycles. The van der Waals surface area contributed by atoms with E-state index in [-0.39, 0.29) is 0 Å². The monoisotopic (exact) mass is 259 g/mol. The minimum atomic E-state index is 0.459. The molecule has 1 heterocycles. The Morgan fingerprint density at radius 1 is 1.21 bits per heavy atom. The van der Waals surface area contributed by atoms with Crippen molar-refractivity contribution < 1.29 is 4.74 Å². The van der Waals surface area contributed by atoms with Crippen molar-refractivity contribution in [3.63, 3.8) is 0 Å². The number of nitrogens with zero attached hydrogens (tertiary/aromatic N) is 2. The first-order valence-corrected chi connectivity index (χ1v) is 6.37. The third-order valence-electron chi connectivity index (χ3n) is 3.65. The Hall–Kier alpha value is -1.81. The van der Waals surface area contributed by atoms with Gasteiger partial charge in [-0.2, -0.15) is 5.10 Å². The molecular weight excluding hydrogens is 238 g/mol. The highest BCUT2D eigenvalue weighted by molar-refractivity contribution is 5.69. The summed E-state index contributed by atoms with van der Waals surface area (Å²) in [6.07, 6.45) is 0. The fourth-order valence-corrected chi connectivity index (χ4v) is 2.52. The molecule has 0 unspecified atom stereocenters. The number of rotatable bonds is 3. The maximum atomic E-state index is 5.66. The molecule has 0 spiro atoms. The molecule has 1 aromatic heterocycles. The van der Waals surface area contributed by atoms with E-state index in [4.69, 9.17) is 10.5 Å². The van der Waals surface area contributed by atoms with Crippen LogP contribution in [0, 0.1) is 20.8 Å². The highest BCUT2D eigenvalue weighted by atomic mass is 16.5. The first-order valence-electron chi connectivity index (χ1n) is 6.37. The summed E-state index contributed by atoms with van der Waals surface area (Å²) >= 11 is 0. The summed E-state index contributed by atoms with van der Waals surface area (Å²) in [6, 6.07) is 4.20. The summed E-state index contributed by atoms with van der Waals surface area (Å²) in [4.78, 5) is 0. The molecule has 1 aromatic carbocycles. The minimum Gasteiger partial charge on any atom is -0.496 e. The van der Waals surface area contributed by atoms with E-state index in [0.717, 1.165) is 22.7 Å². The number of hydrogen-bond donors (Lipinski definition) is 1. The van der Waals surface area contributed by atoms with Crippen LogP contribution in [-0.4, -0.2) is 16.9 Å². The Bertz CT molecular complexity index is 614. The SMILES string of the molecule is COc1c(C)cc(-c2cc(CN)nn2C)c(C)c1C. The molecule has 4 heteroatoms. The second kappa shape index (κ2) is 5.05. The largest absolute Gasteiger partial charge is 0.496 e. The average Bonchev–Trinajstić information content (AvgIpc) is 2.76. The molecule has 0 aliphatic heterocycles. The van der Waals surface area contributed by atoms with E-state index in [0.29, 0.717) is 6.54 Å². The van der Waals surface area contributed by atoms with Gasteiger partial charge in [0, 0.05) is 19.2 Å². The summed E-state index contributed by atoms with van der Waals surface area (Å²) in [7, 11) is 3.66. The number of aryl methyl sites for hydroxylation is 2. The second-order valence-electron chi connectivity index (χ2n) is 4.87. The number of nitrogens with two attached hydrogens (primary N) is 1. The molecule has 4 nitrogen and oxygen atoms in total. The molecule has 102 valence electrons. The smallest absolute Gasteiger partial charge is 0.124 e. The summed E-state index contributed by atoms with van der Waals surface area (Å²) in [5.41, 5.74) is 12.4. The maximum Gasteiger partial charge on any atom is 0.124 e. The number of hydrogen-bond acceptors (Lipinski definition) is 3. The van der Waals surface area contributed by atoms with Gasteiger partial charge in [-0.3, -0.25) is 4.68 Å². The first kappa shape index (κ1) is 13.6. The van der Waals surface area contributed by atoms with Crippen LogP contribution in [0.5, 0.6) is 5.75 Å². The number of methoxy groups -OCH3 is 1. The number of ether oxygens (including phenoxy) is 1. The van der Waals surface area contributed by atoms with E-state index in [2.05, 4.69) is 31.9 Å². The van der Waals surface area contributed by atoms with Crippen LogP contribution < -0.4 is 10.5 Å². The van der Waals surface area contributed by atoms with Gasteiger partial charge < -0.3 is 10.5 Å². The van der Waals surface area contributed by atoms with Crippen LogP contribution in [-0.2, 0) is 13.6 Å². The van der Waals surface area contributed by atoms with Gasteiger partial charge in [0.25, 0.3) is 0 Å². The van der Waals surface area contributed by atoms with E-state index in [1.807, 2.05) is 17.8 Å². The van der Waals surface area contributed by atoms with Crippen molar-refractivity contribution >= 4 is 0 Å². The quantitative estimate of drug-likeness (QED) is 0.921. The van der Waals surface area contributed by atoms with Crippen LogP contribution in [0.2, 0.25) is 0 Å². The Morgan fingerprint density at radius 2 is 1.89 bits per heavy atom. The summed E-state index contributed by atoms with van der Waals surface area (Å²) < 4.78 is 7.35. The number of aromatic nitrogens is 2. The van der Waals surface area contributed by atoms with Crippen molar-refractivity contribution in [2.24, 2.45) is 12.8 Å². The zero-order valence-corrected chi connectivity index (χ0v) is 12.2. The molecule has 2 aromatic rings. The normalized spacial score (nSPS) is 10.8. The summed E-state index contributed by atoms with van der Waals surface area (Å²) in [5, 5.41) is 4.41. The minimum absolute atomic E-state index is 0.459. The van der Waals surface area contributed by atoms with Gasteiger partial charge in [-0.05, 0) is 49.6 Å². The fourth-order valence-electron chi connectivity index (χ4n) is 2.52. The van der Waals surface area contributed by atoms with E-state index in [1.165, 1.54) is 16.7 Å². The summed E-state index contributed by atoms with van der Waals surface area (Å²) in [6.45, 7) is 6.72. The van der Waals surface area contributed by atoms with Gasteiger partial charge in [-0.25, -0.2) is 0 Å². The Labute approximate surface area is 114 Å². The van der Waals surface area contributed by atoms with Gasteiger partial charge in [-0.1, -0.05) is 0 Å². The average molecular weight is 259 g/mol. The Morgan fingerprint density at radius 3 is 2.42 bits per heavy atom. The van der Waals surface area contributed by atoms with Crippen LogP contribution in [0.15, 0.2) is 12.1 Å². The van der Waals surface area contributed by atoms with Crippen molar-refractivity contribution in [3.8, 4) is 17.0 Å².